The summed E-state index contributed by atoms with van der Waals surface area (Å²) in [5.74, 6) is -0.808. The van der Waals surface area contributed by atoms with Gasteiger partial charge >= 0.3 is 0 Å². The monoisotopic (exact) mass is 236 g/mol. The Hall–Kier alpha value is -0.940. The van der Waals surface area contributed by atoms with Crippen molar-refractivity contribution < 1.29 is 17.6 Å². The highest BCUT2D eigenvalue weighted by Gasteiger charge is 2.12. The van der Waals surface area contributed by atoms with E-state index >= 15 is 0 Å². The van der Waals surface area contributed by atoms with Crippen LogP contribution in [0.15, 0.2) is 23.1 Å². The quantitative estimate of drug-likeness (QED) is 0.733. The van der Waals surface area contributed by atoms with Crippen molar-refractivity contribution in [1.29, 1.82) is 0 Å². The van der Waals surface area contributed by atoms with Crippen molar-refractivity contribution >= 4 is 26.7 Å². The largest absolute Gasteiger partial charge is 0.276 e. The van der Waals surface area contributed by atoms with Crippen LogP contribution in [0.4, 0.5) is 4.39 Å². The minimum atomic E-state index is -3.53. The molecule has 0 radical (unpaired) electrons. The van der Waals surface area contributed by atoms with Gasteiger partial charge in [-0.3, -0.25) is 4.79 Å². The summed E-state index contributed by atoms with van der Waals surface area (Å²) in [6.45, 7) is 0. The number of hydrogen-bond acceptors (Lipinski definition) is 3. The molecule has 0 atom stereocenters. The molecule has 0 fully saturated rings. The fourth-order valence-corrected chi connectivity index (χ4v) is 1.67. The summed E-state index contributed by atoms with van der Waals surface area (Å²) in [7, 11) is -3.53. The van der Waals surface area contributed by atoms with E-state index in [4.69, 9.17) is 11.6 Å². The zero-order valence-electron chi connectivity index (χ0n) is 7.12. The van der Waals surface area contributed by atoms with Gasteiger partial charge in [-0.1, -0.05) is 0 Å². The number of sulfone groups is 1. The van der Waals surface area contributed by atoms with Crippen LogP contribution in [0.5, 0.6) is 0 Å². The van der Waals surface area contributed by atoms with Gasteiger partial charge < -0.3 is 0 Å². The Kier molecular flexibility index (Phi) is 2.92. The molecule has 0 saturated carbocycles. The number of carbonyl (C=O) groups is 1. The maximum Gasteiger partial charge on any atom is 0.252 e. The maximum absolute atomic E-state index is 12.8. The van der Waals surface area contributed by atoms with Crippen LogP contribution in [-0.4, -0.2) is 19.9 Å². The predicted molar refractivity (Wildman–Crippen MR) is 49.7 cm³/mol. The molecule has 1 rings (SSSR count). The number of halogens is 2. The zero-order chi connectivity index (χ0) is 10.9. The summed E-state index contributed by atoms with van der Waals surface area (Å²) in [4.78, 5) is 10.4. The number of hydrogen-bond donors (Lipinski definition) is 0. The first-order valence-corrected chi connectivity index (χ1v) is 5.78. The first kappa shape index (κ1) is 11.1. The molecule has 0 saturated heterocycles. The van der Waals surface area contributed by atoms with E-state index in [1.54, 1.807) is 0 Å². The van der Waals surface area contributed by atoms with Crippen molar-refractivity contribution in [3.63, 3.8) is 0 Å². The van der Waals surface area contributed by atoms with E-state index in [0.717, 1.165) is 24.5 Å². The molecular weight excluding hydrogens is 231 g/mol. The lowest BCUT2D eigenvalue weighted by Gasteiger charge is -2.00. The van der Waals surface area contributed by atoms with E-state index in [1.165, 1.54) is 0 Å². The third kappa shape index (κ3) is 2.52. The molecule has 0 aliphatic carbocycles. The Bertz CT molecular complexity index is 481. The lowest BCUT2D eigenvalue weighted by atomic mass is 10.2. The van der Waals surface area contributed by atoms with Crippen LogP contribution in [0.3, 0.4) is 0 Å². The number of rotatable bonds is 2. The SMILES string of the molecule is CS(=O)(=O)c1cc(F)cc(C(=O)Cl)c1. The van der Waals surface area contributed by atoms with Crippen LogP contribution in [0.2, 0.25) is 0 Å². The second-order valence-corrected chi connectivity index (χ2v) is 5.08. The summed E-state index contributed by atoms with van der Waals surface area (Å²) in [5, 5.41) is -0.894. The van der Waals surface area contributed by atoms with Crippen molar-refractivity contribution in [3.8, 4) is 0 Å². The fourth-order valence-electron chi connectivity index (χ4n) is 0.890. The van der Waals surface area contributed by atoms with Crippen LogP contribution in [0.25, 0.3) is 0 Å². The summed E-state index contributed by atoms with van der Waals surface area (Å²) in [5.41, 5.74) is -0.174. The molecule has 0 spiro atoms. The molecule has 76 valence electrons. The van der Waals surface area contributed by atoms with E-state index in [-0.39, 0.29) is 10.5 Å². The Morgan fingerprint density at radius 3 is 2.36 bits per heavy atom. The standard InChI is InChI=1S/C8H6ClFO3S/c1-14(12,13)7-3-5(8(9)11)2-6(10)4-7/h2-4H,1H3. The van der Waals surface area contributed by atoms with Gasteiger partial charge in [-0.2, -0.15) is 0 Å². The molecule has 1 aromatic carbocycles. The van der Waals surface area contributed by atoms with Crippen molar-refractivity contribution in [1.82, 2.24) is 0 Å². The molecule has 14 heavy (non-hydrogen) atoms. The molecule has 0 bridgehead atoms. The molecular formula is C8H6ClFO3S. The average molecular weight is 237 g/mol. The highest BCUT2D eigenvalue weighted by Crippen LogP contribution is 2.15. The van der Waals surface area contributed by atoms with Crippen LogP contribution in [0, 0.1) is 5.82 Å². The van der Waals surface area contributed by atoms with E-state index in [9.17, 15) is 17.6 Å². The smallest absolute Gasteiger partial charge is 0.252 e. The lowest BCUT2D eigenvalue weighted by Crippen LogP contribution is -2.00. The van der Waals surface area contributed by atoms with Crippen LogP contribution >= 0.6 is 11.6 Å². The Morgan fingerprint density at radius 2 is 1.93 bits per heavy atom. The van der Waals surface area contributed by atoms with Gasteiger partial charge in [0.25, 0.3) is 5.24 Å². The van der Waals surface area contributed by atoms with Gasteiger partial charge in [0.15, 0.2) is 9.84 Å². The fraction of sp³-hybridized carbons (Fsp3) is 0.125. The minimum Gasteiger partial charge on any atom is -0.276 e. The third-order valence-corrected chi connectivity index (χ3v) is 2.84. The first-order chi connectivity index (χ1) is 6.30. The van der Waals surface area contributed by atoms with Gasteiger partial charge in [0.2, 0.25) is 0 Å². The van der Waals surface area contributed by atoms with Crippen molar-refractivity contribution in [2.24, 2.45) is 0 Å². The molecule has 1 aromatic rings. The van der Waals surface area contributed by atoms with Gasteiger partial charge in [-0.25, -0.2) is 12.8 Å². The van der Waals surface area contributed by atoms with Crippen molar-refractivity contribution in [2.75, 3.05) is 6.26 Å². The molecule has 3 nitrogen and oxygen atoms in total. The van der Waals surface area contributed by atoms with E-state index in [2.05, 4.69) is 0 Å². The van der Waals surface area contributed by atoms with E-state index in [0.29, 0.717) is 0 Å². The normalized spacial score (nSPS) is 11.4. The summed E-state index contributed by atoms with van der Waals surface area (Å²) in [6, 6.07) is 2.75. The molecule has 0 amide bonds. The average Bonchev–Trinajstić information content (AvgIpc) is 2.01. The molecule has 0 aliphatic rings. The van der Waals surface area contributed by atoms with Gasteiger partial charge in [0, 0.05) is 11.8 Å². The predicted octanol–water partition coefficient (Wildman–Crippen LogP) is 1.61. The molecule has 6 heteroatoms. The summed E-state index contributed by atoms with van der Waals surface area (Å²) >= 11 is 5.10. The summed E-state index contributed by atoms with van der Waals surface area (Å²) in [6.07, 6.45) is 0.921. The molecule has 0 N–H and O–H groups in total. The molecule has 0 aliphatic heterocycles. The summed E-state index contributed by atoms with van der Waals surface area (Å²) < 4.78 is 34.9. The van der Waals surface area contributed by atoms with Gasteiger partial charge in [0.1, 0.15) is 5.82 Å². The first-order valence-electron chi connectivity index (χ1n) is 3.51. The topological polar surface area (TPSA) is 51.2 Å². The maximum atomic E-state index is 12.8. The van der Waals surface area contributed by atoms with Crippen LogP contribution in [-0.2, 0) is 9.84 Å². The minimum absolute atomic E-state index is 0.174. The van der Waals surface area contributed by atoms with Gasteiger partial charge in [-0.05, 0) is 29.8 Å². The van der Waals surface area contributed by atoms with Gasteiger partial charge in [-0.15, -0.1) is 0 Å². The number of carbonyl (C=O) groups excluding carboxylic acids is 1. The van der Waals surface area contributed by atoms with Crippen molar-refractivity contribution in [3.05, 3.63) is 29.6 Å². The molecule has 0 aromatic heterocycles. The van der Waals surface area contributed by atoms with E-state index < -0.39 is 20.9 Å². The second kappa shape index (κ2) is 3.67. The van der Waals surface area contributed by atoms with Crippen molar-refractivity contribution in [2.45, 2.75) is 4.90 Å². The molecule has 0 unspecified atom stereocenters. The van der Waals surface area contributed by atoms with E-state index in [1.807, 2.05) is 0 Å². The second-order valence-electron chi connectivity index (χ2n) is 2.72. The van der Waals surface area contributed by atoms with Crippen LogP contribution in [0.1, 0.15) is 10.4 Å². The Morgan fingerprint density at radius 1 is 1.36 bits per heavy atom. The Labute approximate surface area is 85.4 Å². The molecule has 0 heterocycles. The lowest BCUT2D eigenvalue weighted by molar-refractivity contribution is 0.108. The van der Waals surface area contributed by atoms with Gasteiger partial charge in [0.05, 0.1) is 4.90 Å². The van der Waals surface area contributed by atoms with Crippen LogP contribution < -0.4 is 0 Å². The number of benzene rings is 1. The zero-order valence-corrected chi connectivity index (χ0v) is 8.69. The highest BCUT2D eigenvalue weighted by atomic mass is 35.5. The highest BCUT2D eigenvalue weighted by molar-refractivity contribution is 7.90. The Balaban J connectivity index is 3.43. The third-order valence-electron chi connectivity index (χ3n) is 1.53.